The molecule has 1 aliphatic heterocycles. The van der Waals surface area contributed by atoms with Crippen LogP contribution in [0.4, 0.5) is 0 Å². The molecule has 4 fully saturated rings. The van der Waals surface area contributed by atoms with Crippen LogP contribution in [0.2, 0.25) is 0 Å². The normalized spacial score (nSPS) is 38.6. The number of amides is 1. The van der Waals surface area contributed by atoms with Gasteiger partial charge in [0.2, 0.25) is 5.91 Å². The van der Waals surface area contributed by atoms with Gasteiger partial charge < -0.3 is 15.4 Å². The van der Waals surface area contributed by atoms with Crippen molar-refractivity contribution in [3.05, 3.63) is 0 Å². The molecule has 3 saturated carbocycles. The van der Waals surface area contributed by atoms with E-state index in [0.29, 0.717) is 23.8 Å². The van der Waals surface area contributed by atoms with Crippen LogP contribution in [0.15, 0.2) is 0 Å². The Morgan fingerprint density at radius 2 is 1.70 bits per heavy atom. The van der Waals surface area contributed by atoms with Crippen molar-refractivity contribution in [2.75, 3.05) is 19.7 Å². The number of fused-ring (bicyclic) bond motifs is 2. The predicted molar refractivity (Wildman–Crippen MR) is 89.8 cm³/mol. The van der Waals surface area contributed by atoms with Gasteiger partial charge in [0.1, 0.15) is 0 Å². The number of nitrogens with zero attached hydrogens (tertiary/aromatic N) is 1. The summed E-state index contributed by atoms with van der Waals surface area (Å²) in [6, 6.07) is 0.123. The second kappa shape index (κ2) is 6.72. The van der Waals surface area contributed by atoms with Gasteiger partial charge in [-0.25, -0.2) is 0 Å². The van der Waals surface area contributed by atoms with E-state index in [9.17, 15) is 4.79 Å². The lowest BCUT2D eigenvalue weighted by Crippen LogP contribution is -2.50. The van der Waals surface area contributed by atoms with Crippen molar-refractivity contribution in [3.63, 3.8) is 0 Å². The Bertz CT molecular complexity index is 425. The Balaban J connectivity index is 1.24. The average Bonchev–Trinajstić information content (AvgIpc) is 3.30. The van der Waals surface area contributed by atoms with E-state index in [2.05, 4.69) is 4.90 Å². The third-order valence-corrected chi connectivity index (χ3v) is 7.06. The number of ether oxygens (including phenoxy) is 1. The predicted octanol–water partition coefficient (Wildman–Crippen LogP) is 2.56. The molecule has 4 atom stereocenters. The maximum Gasteiger partial charge on any atom is 0.227 e. The van der Waals surface area contributed by atoms with Crippen LogP contribution in [0.1, 0.15) is 57.8 Å². The van der Waals surface area contributed by atoms with E-state index in [-0.39, 0.29) is 12.0 Å². The van der Waals surface area contributed by atoms with Gasteiger partial charge in [0.05, 0.1) is 12.0 Å². The summed E-state index contributed by atoms with van der Waals surface area (Å²) in [7, 11) is 0. The van der Waals surface area contributed by atoms with Crippen LogP contribution in [0.5, 0.6) is 0 Å². The summed E-state index contributed by atoms with van der Waals surface area (Å²) in [5, 5.41) is 0. The summed E-state index contributed by atoms with van der Waals surface area (Å²) in [5.74, 6) is 2.44. The number of rotatable bonds is 4. The largest absolute Gasteiger partial charge is 0.378 e. The van der Waals surface area contributed by atoms with Crippen molar-refractivity contribution in [3.8, 4) is 0 Å². The van der Waals surface area contributed by atoms with Gasteiger partial charge in [-0.2, -0.15) is 0 Å². The monoisotopic (exact) mass is 320 g/mol. The Morgan fingerprint density at radius 3 is 2.35 bits per heavy atom. The second-order valence-corrected chi connectivity index (χ2v) is 8.44. The number of carbonyl (C=O) groups excluding carboxylic acids is 1. The van der Waals surface area contributed by atoms with Crippen molar-refractivity contribution in [1.82, 2.24) is 4.90 Å². The number of hydrogen-bond donors (Lipinski definition) is 1. The van der Waals surface area contributed by atoms with Crippen LogP contribution in [-0.4, -0.2) is 42.6 Å². The topological polar surface area (TPSA) is 55.6 Å². The van der Waals surface area contributed by atoms with Gasteiger partial charge in [-0.15, -0.1) is 0 Å². The molecule has 130 valence electrons. The molecule has 0 radical (unpaired) electrons. The SMILES string of the molecule is N[C@@H]1[C@H]2CC[C@@H](C2)[C@@H]1C(=O)N1CCC(OCC2CCCC2)CC1. The van der Waals surface area contributed by atoms with E-state index in [1.807, 2.05) is 0 Å². The Labute approximate surface area is 140 Å². The summed E-state index contributed by atoms with van der Waals surface area (Å²) < 4.78 is 6.13. The fourth-order valence-electron chi connectivity index (χ4n) is 5.61. The third kappa shape index (κ3) is 3.17. The molecule has 4 rings (SSSR count). The Morgan fingerprint density at radius 1 is 1.00 bits per heavy atom. The molecule has 1 saturated heterocycles. The van der Waals surface area contributed by atoms with Crippen LogP contribution in [0.25, 0.3) is 0 Å². The van der Waals surface area contributed by atoms with E-state index >= 15 is 0 Å². The molecule has 2 bridgehead atoms. The molecule has 0 aromatic carbocycles. The van der Waals surface area contributed by atoms with Crippen LogP contribution in [0, 0.1) is 23.7 Å². The lowest BCUT2D eigenvalue weighted by molar-refractivity contribution is -0.140. The van der Waals surface area contributed by atoms with E-state index in [4.69, 9.17) is 10.5 Å². The Hall–Kier alpha value is -0.610. The van der Waals surface area contributed by atoms with Gasteiger partial charge in [0, 0.05) is 25.7 Å². The van der Waals surface area contributed by atoms with Crippen LogP contribution in [0.3, 0.4) is 0 Å². The molecule has 4 aliphatic rings. The molecular formula is C19H32N2O2. The average molecular weight is 320 g/mol. The van der Waals surface area contributed by atoms with Crippen molar-refractivity contribution >= 4 is 5.91 Å². The highest BCUT2D eigenvalue weighted by Crippen LogP contribution is 2.48. The molecule has 3 aliphatic carbocycles. The van der Waals surface area contributed by atoms with Gasteiger partial charge >= 0.3 is 0 Å². The second-order valence-electron chi connectivity index (χ2n) is 8.44. The van der Waals surface area contributed by atoms with Crippen molar-refractivity contribution in [2.24, 2.45) is 29.4 Å². The minimum absolute atomic E-state index is 0.115. The van der Waals surface area contributed by atoms with E-state index in [1.165, 1.54) is 44.9 Å². The van der Waals surface area contributed by atoms with Crippen molar-refractivity contribution in [2.45, 2.75) is 69.9 Å². The summed E-state index contributed by atoms with van der Waals surface area (Å²) >= 11 is 0. The van der Waals surface area contributed by atoms with Crippen molar-refractivity contribution in [1.29, 1.82) is 0 Å². The molecule has 0 aromatic rings. The van der Waals surface area contributed by atoms with Gasteiger partial charge in [-0.05, 0) is 62.7 Å². The zero-order valence-corrected chi connectivity index (χ0v) is 14.3. The molecule has 1 heterocycles. The lowest BCUT2D eigenvalue weighted by atomic mass is 9.83. The summed E-state index contributed by atoms with van der Waals surface area (Å²) in [6.45, 7) is 2.68. The standard InChI is InChI=1S/C19H32N2O2/c20-18-15-6-5-14(11-15)17(18)19(22)21-9-7-16(8-10-21)23-12-13-3-1-2-4-13/h13-18H,1-12,20H2/t14-,15-,17-,18+/m0/s1. The molecule has 4 heteroatoms. The van der Waals surface area contributed by atoms with E-state index < -0.39 is 0 Å². The first-order valence-electron chi connectivity index (χ1n) is 9.88. The van der Waals surface area contributed by atoms with Gasteiger partial charge in [-0.3, -0.25) is 4.79 Å². The maximum atomic E-state index is 12.9. The molecule has 0 spiro atoms. The number of piperidine rings is 1. The van der Waals surface area contributed by atoms with Crippen LogP contribution < -0.4 is 5.73 Å². The number of likely N-dealkylation sites (tertiary alicyclic amines) is 1. The quantitative estimate of drug-likeness (QED) is 0.866. The maximum absolute atomic E-state index is 12.9. The lowest BCUT2D eigenvalue weighted by Gasteiger charge is -2.37. The van der Waals surface area contributed by atoms with E-state index in [1.54, 1.807) is 0 Å². The molecule has 2 N–H and O–H groups in total. The number of hydrogen-bond acceptors (Lipinski definition) is 3. The third-order valence-electron chi connectivity index (χ3n) is 7.06. The van der Waals surface area contributed by atoms with Crippen LogP contribution in [-0.2, 0) is 9.53 Å². The summed E-state index contributed by atoms with van der Waals surface area (Å²) in [5.41, 5.74) is 6.34. The highest BCUT2D eigenvalue weighted by atomic mass is 16.5. The number of nitrogens with two attached hydrogens (primary N) is 1. The first kappa shape index (κ1) is 15.9. The molecule has 1 amide bonds. The smallest absolute Gasteiger partial charge is 0.227 e. The van der Waals surface area contributed by atoms with Crippen molar-refractivity contribution < 1.29 is 9.53 Å². The minimum atomic E-state index is 0.115. The minimum Gasteiger partial charge on any atom is -0.378 e. The fraction of sp³-hybridized carbons (Fsp3) is 0.947. The zero-order chi connectivity index (χ0) is 15.8. The number of carbonyl (C=O) groups is 1. The first-order chi connectivity index (χ1) is 11.2. The Kier molecular flexibility index (Phi) is 4.64. The molecular weight excluding hydrogens is 288 g/mol. The summed E-state index contributed by atoms with van der Waals surface area (Å²) in [6.07, 6.45) is 11.5. The molecule has 0 unspecified atom stereocenters. The summed E-state index contributed by atoms with van der Waals surface area (Å²) in [4.78, 5) is 15.0. The van der Waals surface area contributed by atoms with Gasteiger partial charge in [0.15, 0.2) is 0 Å². The first-order valence-corrected chi connectivity index (χ1v) is 9.88. The van der Waals surface area contributed by atoms with Gasteiger partial charge in [-0.1, -0.05) is 12.8 Å². The zero-order valence-electron chi connectivity index (χ0n) is 14.3. The highest BCUT2D eigenvalue weighted by molar-refractivity contribution is 5.80. The van der Waals surface area contributed by atoms with Gasteiger partial charge in [0.25, 0.3) is 0 Å². The fourth-order valence-corrected chi connectivity index (χ4v) is 5.61. The molecule has 4 nitrogen and oxygen atoms in total. The molecule has 0 aromatic heterocycles. The van der Waals surface area contributed by atoms with Crippen LogP contribution >= 0.6 is 0 Å². The van der Waals surface area contributed by atoms with E-state index in [0.717, 1.165) is 38.5 Å². The molecule has 23 heavy (non-hydrogen) atoms. The highest BCUT2D eigenvalue weighted by Gasteiger charge is 2.50.